The van der Waals surface area contributed by atoms with E-state index in [4.69, 9.17) is 14.5 Å². The molecular weight excluding hydrogens is 348 g/mol. The molecule has 0 aliphatic heterocycles. The van der Waals surface area contributed by atoms with Crippen LogP contribution in [-0.4, -0.2) is 19.1 Å². The van der Waals surface area contributed by atoms with Gasteiger partial charge in [0, 0.05) is 18.4 Å². The number of aliphatic imine (C=N–C) groups is 1. The van der Waals surface area contributed by atoms with Crippen molar-refractivity contribution in [1.82, 2.24) is 0 Å². The Balaban J connectivity index is 1.88. The fourth-order valence-corrected chi connectivity index (χ4v) is 3.82. The molecule has 0 aromatic heterocycles. The first kappa shape index (κ1) is 18.1. The summed E-state index contributed by atoms with van der Waals surface area (Å²) in [6, 6.07) is 18.6. The van der Waals surface area contributed by atoms with Crippen LogP contribution in [0.3, 0.4) is 0 Å². The number of nitrogens with zero attached hydrogens (tertiary/aromatic N) is 2. The Bertz CT molecular complexity index is 1050. The van der Waals surface area contributed by atoms with Gasteiger partial charge in [0.2, 0.25) is 5.90 Å². The number of rotatable bonds is 5. The highest BCUT2D eigenvalue weighted by molar-refractivity contribution is 6.23. The Morgan fingerprint density at radius 1 is 0.964 bits per heavy atom. The molecule has 4 nitrogen and oxygen atoms in total. The van der Waals surface area contributed by atoms with Gasteiger partial charge in [0.1, 0.15) is 5.76 Å². The van der Waals surface area contributed by atoms with Crippen LogP contribution in [0.1, 0.15) is 36.1 Å². The summed E-state index contributed by atoms with van der Waals surface area (Å²) in [6.07, 6.45) is 1.34. The third-order valence-corrected chi connectivity index (χ3v) is 5.00. The van der Waals surface area contributed by atoms with E-state index < -0.39 is 0 Å². The number of allylic oxidation sites excluding steroid dienone is 2. The van der Waals surface area contributed by atoms with E-state index in [2.05, 4.69) is 18.2 Å². The molecule has 140 valence electrons. The summed E-state index contributed by atoms with van der Waals surface area (Å²) in [5.41, 5.74) is 6.68. The molecule has 28 heavy (non-hydrogen) atoms. The largest absolute Gasteiger partial charge is 0.497 e. The molecule has 2 aliphatic carbocycles. The summed E-state index contributed by atoms with van der Waals surface area (Å²) in [7, 11) is 0. The average Bonchev–Trinajstić information content (AvgIpc) is 3.26. The van der Waals surface area contributed by atoms with Crippen molar-refractivity contribution in [2.75, 3.05) is 13.2 Å². The second-order valence-electron chi connectivity index (χ2n) is 6.69. The van der Waals surface area contributed by atoms with Crippen LogP contribution >= 0.6 is 0 Å². The maximum Gasteiger partial charge on any atom is 0.225 e. The van der Waals surface area contributed by atoms with Gasteiger partial charge in [-0.3, -0.25) is 0 Å². The lowest BCUT2D eigenvalue weighted by atomic mass is 10.1. The van der Waals surface area contributed by atoms with Crippen LogP contribution in [0.4, 0.5) is 0 Å². The molecule has 4 rings (SSSR count). The lowest BCUT2D eigenvalue weighted by Gasteiger charge is -2.13. The van der Waals surface area contributed by atoms with E-state index in [0.717, 1.165) is 34.4 Å². The number of hydrogen-bond donors (Lipinski definition) is 0. The molecule has 2 aromatic rings. The SMILES string of the molecule is CCOC(=NC1=C(C#N)Cc2ccccc21)C1=C(OCC)Cc2ccccc21. The molecule has 0 bridgehead atoms. The van der Waals surface area contributed by atoms with Gasteiger partial charge in [0.25, 0.3) is 0 Å². The smallest absolute Gasteiger partial charge is 0.225 e. The summed E-state index contributed by atoms with van der Waals surface area (Å²) >= 11 is 0. The zero-order chi connectivity index (χ0) is 19.5. The molecule has 0 spiro atoms. The molecular formula is C24H22N2O2. The fourth-order valence-electron chi connectivity index (χ4n) is 3.82. The van der Waals surface area contributed by atoms with Crippen molar-refractivity contribution >= 4 is 17.2 Å². The van der Waals surface area contributed by atoms with Crippen LogP contribution in [-0.2, 0) is 22.3 Å². The lowest BCUT2D eigenvalue weighted by Crippen LogP contribution is -2.10. The van der Waals surface area contributed by atoms with Gasteiger partial charge in [-0.1, -0.05) is 48.5 Å². The van der Waals surface area contributed by atoms with Crippen molar-refractivity contribution in [2.45, 2.75) is 26.7 Å². The third kappa shape index (κ3) is 3.10. The van der Waals surface area contributed by atoms with Gasteiger partial charge in [-0.2, -0.15) is 5.26 Å². The Morgan fingerprint density at radius 2 is 1.64 bits per heavy atom. The summed E-state index contributed by atoms with van der Waals surface area (Å²) in [6.45, 7) is 5.00. The number of ether oxygens (including phenoxy) is 2. The third-order valence-electron chi connectivity index (χ3n) is 5.00. The monoisotopic (exact) mass is 370 g/mol. The summed E-state index contributed by atoms with van der Waals surface area (Å²) in [5, 5.41) is 9.66. The van der Waals surface area contributed by atoms with Crippen molar-refractivity contribution < 1.29 is 9.47 Å². The first-order valence-electron chi connectivity index (χ1n) is 9.64. The molecule has 0 amide bonds. The van der Waals surface area contributed by atoms with Crippen LogP contribution < -0.4 is 0 Å². The van der Waals surface area contributed by atoms with E-state index in [1.54, 1.807) is 0 Å². The van der Waals surface area contributed by atoms with Crippen molar-refractivity contribution in [3.05, 3.63) is 82.1 Å². The van der Waals surface area contributed by atoms with Gasteiger partial charge in [-0.15, -0.1) is 0 Å². The van der Waals surface area contributed by atoms with Crippen LogP contribution in [0.15, 0.2) is 64.9 Å². The highest BCUT2D eigenvalue weighted by Crippen LogP contribution is 2.38. The Morgan fingerprint density at radius 3 is 2.32 bits per heavy atom. The van der Waals surface area contributed by atoms with E-state index in [-0.39, 0.29) is 0 Å². The predicted molar refractivity (Wildman–Crippen MR) is 110 cm³/mol. The maximum atomic E-state index is 9.66. The topological polar surface area (TPSA) is 54.6 Å². The highest BCUT2D eigenvalue weighted by atomic mass is 16.5. The maximum absolute atomic E-state index is 9.66. The van der Waals surface area contributed by atoms with Gasteiger partial charge in [-0.25, -0.2) is 4.99 Å². The number of nitriles is 1. The van der Waals surface area contributed by atoms with Gasteiger partial charge in [0.05, 0.1) is 36.1 Å². The second kappa shape index (κ2) is 7.74. The molecule has 0 N–H and O–H groups in total. The minimum atomic E-state index is 0.487. The summed E-state index contributed by atoms with van der Waals surface area (Å²) in [5.74, 6) is 1.40. The normalized spacial score (nSPS) is 15.4. The molecule has 0 unspecified atom stereocenters. The lowest BCUT2D eigenvalue weighted by molar-refractivity contribution is 0.226. The van der Waals surface area contributed by atoms with Gasteiger partial charge in [-0.05, 0) is 30.5 Å². The van der Waals surface area contributed by atoms with Gasteiger partial charge in [0.15, 0.2) is 0 Å². The molecule has 2 aromatic carbocycles. The Kier molecular flexibility index (Phi) is 4.99. The first-order chi connectivity index (χ1) is 13.8. The highest BCUT2D eigenvalue weighted by Gasteiger charge is 2.29. The van der Waals surface area contributed by atoms with E-state index in [9.17, 15) is 5.26 Å². The van der Waals surface area contributed by atoms with Crippen molar-refractivity contribution in [3.8, 4) is 6.07 Å². The second-order valence-corrected chi connectivity index (χ2v) is 6.69. The number of hydrogen-bond acceptors (Lipinski definition) is 4. The van der Waals surface area contributed by atoms with E-state index >= 15 is 0 Å². The summed E-state index contributed by atoms with van der Waals surface area (Å²) in [4.78, 5) is 4.89. The minimum Gasteiger partial charge on any atom is -0.497 e. The molecule has 0 radical (unpaired) electrons. The minimum absolute atomic E-state index is 0.487. The zero-order valence-electron chi connectivity index (χ0n) is 16.2. The van der Waals surface area contributed by atoms with Crippen LogP contribution in [0, 0.1) is 11.3 Å². The number of benzene rings is 2. The van der Waals surface area contributed by atoms with Crippen molar-refractivity contribution in [2.24, 2.45) is 4.99 Å². The Labute approximate surface area is 165 Å². The molecule has 2 aliphatic rings. The first-order valence-corrected chi connectivity index (χ1v) is 9.64. The molecule has 0 heterocycles. The molecule has 0 saturated carbocycles. The zero-order valence-corrected chi connectivity index (χ0v) is 16.2. The average molecular weight is 370 g/mol. The van der Waals surface area contributed by atoms with Crippen molar-refractivity contribution in [1.29, 1.82) is 5.26 Å². The summed E-state index contributed by atoms with van der Waals surface area (Å²) < 4.78 is 11.9. The quantitative estimate of drug-likeness (QED) is 0.555. The fraction of sp³-hybridized carbons (Fsp3) is 0.250. The molecule has 4 heteroatoms. The van der Waals surface area contributed by atoms with E-state index in [0.29, 0.717) is 36.8 Å². The van der Waals surface area contributed by atoms with E-state index in [1.165, 1.54) is 5.56 Å². The molecule has 0 fully saturated rings. The molecule has 0 saturated heterocycles. The van der Waals surface area contributed by atoms with Crippen molar-refractivity contribution in [3.63, 3.8) is 0 Å². The number of fused-ring (bicyclic) bond motifs is 2. The van der Waals surface area contributed by atoms with Gasteiger partial charge < -0.3 is 9.47 Å². The van der Waals surface area contributed by atoms with Crippen LogP contribution in [0.25, 0.3) is 11.3 Å². The van der Waals surface area contributed by atoms with Crippen LogP contribution in [0.2, 0.25) is 0 Å². The molecule has 0 atom stereocenters. The van der Waals surface area contributed by atoms with Crippen LogP contribution in [0.5, 0.6) is 0 Å². The van der Waals surface area contributed by atoms with E-state index in [1.807, 2.05) is 50.2 Å². The van der Waals surface area contributed by atoms with Gasteiger partial charge >= 0.3 is 0 Å². The predicted octanol–water partition coefficient (Wildman–Crippen LogP) is 4.92. The Hall–Kier alpha value is -3.32. The standard InChI is InChI=1S/C24H22N2O2/c1-3-27-21-14-17-10-5-7-11-19(17)22(21)24(28-4-2)26-23-18(15-25)13-16-9-6-8-12-20(16)23/h5-12H,3-4,13-14H2,1-2H3.